The summed E-state index contributed by atoms with van der Waals surface area (Å²) in [6, 6.07) is 3.22. The Bertz CT molecular complexity index is 354. The topological polar surface area (TPSA) is 69.1 Å². The molecule has 70 valence electrons. The largest absolute Gasteiger partial charge is 0.397 e. The van der Waals surface area contributed by atoms with Gasteiger partial charge in [-0.2, -0.15) is 0 Å². The van der Waals surface area contributed by atoms with Crippen LogP contribution < -0.4 is 11.5 Å². The Morgan fingerprint density at radius 2 is 1.92 bits per heavy atom. The Morgan fingerprint density at radius 3 is 2.46 bits per heavy atom. The lowest BCUT2D eigenvalue weighted by Crippen LogP contribution is -2.06. The average Bonchev–Trinajstić information content (AvgIpc) is 2.10. The highest BCUT2D eigenvalue weighted by Crippen LogP contribution is 2.23. The molecule has 0 saturated heterocycles. The molecule has 0 aromatic heterocycles. The molecule has 13 heavy (non-hydrogen) atoms. The molecule has 0 amide bonds. The number of benzene rings is 1. The molecular formula is C8H8ClIN2O. The molecule has 0 unspecified atom stereocenters. The third-order valence-corrected chi connectivity index (χ3v) is 2.73. The van der Waals surface area contributed by atoms with E-state index in [1.54, 1.807) is 12.1 Å². The van der Waals surface area contributed by atoms with Crippen LogP contribution in [0.1, 0.15) is 10.4 Å². The van der Waals surface area contributed by atoms with Crippen molar-refractivity contribution in [3.05, 3.63) is 21.3 Å². The van der Waals surface area contributed by atoms with Gasteiger partial charge in [0.15, 0.2) is 5.78 Å². The van der Waals surface area contributed by atoms with E-state index in [0.29, 0.717) is 16.9 Å². The van der Waals surface area contributed by atoms with Crippen LogP contribution in [0, 0.1) is 3.57 Å². The van der Waals surface area contributed by atoms with Gasteiger partial charge in [-0.05, 0) is 34.7 Å². The van der Waals surface area contributed by atoms with E-state index in [2.05, 4.69) is 0 Å². The first-order valence-corrected chi connectivity index (χ1v) is 5.11. The molecule has 5 heteroatoms. The summed E-state index contributed by atoms with van der Waals surface area (Å²) in [7, 11) is 0. The summed E-state index contributed by atoms with van der Waals surface area (Å²) in [4.78, 5) is 11.3. The van der Waals surface area contributed by atoms with Crippen LogP contribution >= 0.6 is 34.2 Å². The Kier molecular flexibility index (Phi) is 3.38. The number of rotatable bonds is 2. The van der Waals surface area contributed by atoms with Crippen LogP contribution in [0.15, 0.2) is 12.1 Å². The average molecular weight is 311 g/mol. The monoisotopic (exact) mass is 310 g/mol. The SMILES string of the molecule is Nc1cc(I)c(C(=O)CCl)cc1N. The smallest absolute Gasteiger partial charge is 0.178 e. The molecule has 0 fully saturated rings. The van der Waals surface area contributed by atoms with E-state index in [1.165, 1.54) is 0 Å². The number of halogens is 2. The van der Waals surface area contributed by atoms with Gasteiger partial charge in [0.2, 0.25) is 0 Å². The predicted octanol–water partition coefficient (Wildman–Crippen LogP) is 1.88. The van der Waals surface area contributed by atoms with E-state index in [1.807, 2.05) is 22.6 Å². The van der Waals surface area contributed by atoms with Crippen molar-refractivity contribution >= 4 is 51.3 Å². The highest BCUT2D eigenvalue weighted by molar-refractivity contribution is 14.1. The first-order valence-electron chi connectivity index (χ1n) is 3.50. The number of Topliss-reactive ketones (excluding diaryl/α,β-unsaturated/α-hetero) is 1. The number of alkyl halides is 1. The molecule has 1 aromatic carbocycles. The number of hydrogen-bond donors (Lipinski definition) is 2. The summed E-state index contributed by atoms with van der Waals surface area (Å²) < 4.78 is 0.773. The standard InChI is InChI=1S/C8H8ClIN2O/c9-3-8(13)4-1-6(11)7(12)2-5(4)10/h1-2H,3,11-12H2. The maximum absolute atomic E-state index is 11.3. The summed E-state index contributed by atoms with van der Waals surface area (Å²) in [5.74, 6) is -0.183. The third-order valence-electron chi connectivity index (χ3n) is 1.59. The van der Waals surface area contributed by atoms with Crippen LogP contribution in [0.4, 0.5) is 11.4 Å². The first-order chi connectivity index (χ1) is 6.06. The number of carbonyl (C=O) groups is 1. The number of nitrogen functional groups attached to an aromatic ring is 2. The van der Waals surface area contributed by atoms with E-state index in [0.717, 1.165) is 3.57 Å². The minimum absolute atomic E-state index is 0.0423. The molecule has 0 radical (unpaired) electrons. The number of anilines is 2. The van der Waals surface area contributed by atoms with Crippen LogP contribution in [-0.2, 0) is 0 Å². The molecule has 0 saturated carbocycles. The van der Waals surface area contributed by atoms with Crippen molar-refractivity contribution in [3.63, 3.8) is 0 Å². The van der Waals surface area contributed by atoms with Crippen LogP contribution in [0.25, 0.3) is 0 Å². The number of nitrogens with two attached hydrogens (primary N) is 2. The Morgan fingerprint density at radius 1 is 1.38 bits per heavy atom. The van der Waals surface area contributed by atoms with E-state index >= 15 is 0 Å². The molecule has 0 aliphatic heterocycles. The van der Waals surface area contributed by atoms with Gasteiger partial charge < -0.3 is 11.5 Å². The molecule has 1 aromatic rings. The predicted molar refractivity (Wildman–Crippen MR) is 63.0 cm³/mol. The van der Waals surface area contributed by atoms with Gasteiger partial charge in [-0.3, -0.25) is 4.79 Å². The van der Waals surface area contributed by atoms with Gasteiger partial charge in [0.25, 0.3) is 0 Å². The number of ketones is 1. The lowest BCUT2D eigenvalue weighted by Gasteiger charge is -2.05. The zero-order valence-electron chi connectivity index (χ0n) is 6.68. The van der Waals surface area contributed by atoms with E-state index < -0.39 is 0 Å². The van der Waals surface area contributed by atoms with E-state index in [9.17, 15) is 4.79 Å². The van der Waals surface area contributed by atoms with Gasteiger partial charge in [0.05, 0.1) is 17.3 Å². The lowest BCUT2D eigenvalue weighted by atomic mass is 10.1. The fourth-order valence-corrected chi connectivity index (χ4v) is 1.83. The summed E-state index contributed by atoms with van der Waals surface area (Å²) in [6.45, 7) is 0. The van der Waals surface area contributed by atoms with Crippen LogP contribution in [-0.4, -0.2) is 11.7 Å². The molecule has 3 nitrogen and oxygen atoms in total. The number of carbonyl (C=O) groups excluding carboxylic acids is 1. The Hall–Kier alpha value is -0.490. The Balaban J connectivity index is 3.23. The quantitative estimate of drug-likeness (QED) is 0.379. The van der Waals surface area contributed by atoms with Crippen molar-refractivity contribution in [1.29, 1.82) is 0 Å². The molecule has 0 atom stereocenters. The molecule has 0 spiro atoms. The second kappa shape index (κ2) is 4.15. The molecule has 0 aliphatic carbocycles. The van der Waals surface area contributed by atoms with Gasteiger partial charge in [-0.15, -0.1) is 11.6 Å². The molecule has 0 heterocycles. The van der Waals surface area contributed by atoms with E-state index in [4.69, 9.17) is 23.1 Å². The van der Waals surface area contributed by atoms with E-state index in [-0.39, 0.29) is 11.7 Å². The minimum atomic E-state index is -0.141. The maximum Gasteiger partial charge on any atom is 0.178 e. The van der Waals surface area contributed by atoms with Crippen molar-refractivity contribution in [2.24, 2.45) is 0 Å². The van der Waals surface area contributed by atoms with Gasteiger partial charge in [-0.1, -0.05) is 0 Å². The van der Waals surface area contributed by atoms with Crippen molar-refractivity contribution in [1.82, 2.24) is 0 Å². The second-order valence-corrected chi connectivity index (χ2v) is 3.95. The highest BCUT2D eigenvalue weighted by atomic mass is 127. The third kappa shape index (κ3) is 2.25. The van der Waals surface area contributed by atoms with Gasteiger partial charge >= 0.3 is 0 Å². The van der Waals surface area contributed by atoms with Crippen LogP contribution in [0.2, 0.25) is 0 Å². The number of hydrogen-bond acceptors (Lipinski definition) is 3. The Labute approximate surface area is 94.6 Å². The summed E-state index contributed by atoms with van der Waals surface area (Å²) in [5, 5.41) is 0. The molecule has 0 bridgehead atoms. The fraction of sp³-hybridized carbons (Fsp3) is 0.125. The fourth-order valence-electron chi connectivity index (χ4n) is 0.891. The summed E-state index contributed by atoms with van der Waals surface area (Å²) in [6.07, 6.45) is 0. The molecule has 4 N–H and O–H groups in total. The summed E-state index contributed by atoms with van der Waals surface area (Å²) in [5.41, 5.74) is 12.5. The molecule has 0 aliphatic rings. The first kappa shape index (κ1) is 10.6. The maximum atomic E-state index is 11.3. The zero-order valence-corrected chi connectivity index (χ0v) is 9.59. The van der Waals surface area contributed by atoms with Gasteiger partial charge in [0, 0.05) is 9.13 Å². The molecular weight excluding hydrogens is 302 g/mol. The van der Waals surface area contributed by atoms with Crippen LogP contribution in [0.3, 0.4) is 0 Å². The summed E-state index contributed by atoms with van der Waals surface area (Å²) >= 11 is 7.45. The second-order valence-electron chi connectivity index (χ2n) is 2.52. The van der Waals surface area contributed by atoms with Crippen molar-refractivity contribution in [2.45, 2.75) is 0 Å². The van der Waals surface area contributed by atoms with Gasteiger partial charge in [0.1, 0.15) is 0 Å². The van der Waals surface area contributed by atoms with Crippen molar-refractivity contribution < 1.29 is 4.79 Å². The molecule has 1 rings (SSSR count). The highest BCUT2D eigenvalue weighted by Gasteiger charge is 2.10. The van der Waals surface area contributed by atoms with Crippen molar-refractivity contribution in [2.75, 3.05) is 17.3 Å². The lowest BCUT2D eigenvalue weighted by molar-refractivity contribution is 0.102. The van der Waals surface area contributed by atoms with Crippen LogP contribution in [0.5, 0.6) is 0 Å². The van der Waals surface area contributed by atoms with Crippen molar-refractivity contribution in [3.8, 4) is 0 Å². The van der Waals surface area contributed by atoms with Gasteiger partial charge in [-0.25, -0.2) is 0 Å². The normalized spacial score (nSPS) is 10.0. The zero-order chi connectivity index (χ0) is 10.0. The minimum Gasteiger partial charge on any atom is -0.397 e.